The van der Waals surface area contributed by atoms with Gasteiger partial charge in [0, 0.05) is 27.8 Å². The summed E-state index contributed by atoms with van der Waals surface area (Å²) >= 11 is 0. The third-order valence-corrected chi connectivity index (χ3v) is 9.77. The van der Waals surface area contributed by atoms with Crippen LogP contribution >= 0.6 is 0 Å². The first kappa shape index (κ1) is 23.5. The lowest BCUT2D eigenvalue weighted by molar-refractivity contribution is 0.669. The van der Waals surface area contributed by atoms with Gasteiger partial charge in [0.05, 0.1) is 9.60 Å². The van der Waals surface area contributed by atoms with E-state index in [-0.39, 0.29) is 28.4 Å². The summed E-state index contributed by atoms with van der Waals surface area (Å²) in [6.45, 7) is 0. The van der Waals surface area contributed by atoms with Gasteiger partial charge in [-0.05, 0) is 110 Å². The topological polar surface area (TPSA) is 16.4 Å². The van der Waals surface area contributed by atoms with E-state index in [1.165, 1.54) is 10.8 Å². The Morgan fingerprint density at radius 2 is 1.00 bits per heavy atom. The van der Waals surface area contributed by atoms with Crippen molar-refractivity contribution in [2.24, 2.45) is 0 Å². The minimum Gasteiger partial charge on any atom is -0.456 e. The number of nitrogens with zero attached hydrogens (tertiary/aromatic N) is 1. The zero-order valence-electron chi connectivity index (χ0n) is 34.9. The minimum absolute atomic E-state index is 0.0608. The summed E-state index contributed by atoms with van der Waals surface area (Å²) in [6.07, 6.45) is 0. The highest BCUT2D eigenvalue weighted by Gasteiger charge is 2.16. The smallest absolute Gasteiger partial charge is 0.135 e. The molecule has 0 unspecified atom stereocenters. The Hall–Kier alpha value is -6.90. The SMILES string of the molecule is [2H]c1c([2H])c([2H])c2c(-c3ccc(N(c4ccc(-c5cccc6ccccc56)cc4)c4cccc(-c5ccc6oc7ccccc7c6c5)c4)cc3)c([2H])c([2H])c([2H])c2c1[2H]. The van der Waals surface area contributed by atoms with Gasteiger partial charge in [0.25, 0.3) is 0 Å². The van der Waals surface area contributed by atoms with E-state index in [0.29, 0.717) is 5.56 Å². The Labute approximate surface area is 312 Å². The number of hydrogen-bond donors (Lipinski definition) is 0. The lowest BCUT2D eigenvalue weighted by Gasteiger charge is -2.26. The van der Waals surface area contributed by atoms with Gasteiger partial charge in [-0.25, -0.2) is 0 Å². The molecule has 9 aromatic carbocycles. The molecule has 0 saturated carbocycles. The van der Waals surface area contributed by atoms with Gasteiger partial charge in [0.15, 0.2) is 0 Å². The fourth-order valence-electron chi connectivity index (χ4n) is 7.25. The van der Waals surface area contributed by atoms with Crippen molar-refractivity contribution in [1.82, 2.24) is 0 Å². The van der Waals surface area contributed by atoms with E-state index in [4.69, 9.17) is 14.0 Å². The number of rotatable bonds is 6. The maximum Gasteiger partial charge on any atom is 0.135 e. The van der Waals surface area contributed by atoms with Crippen molar-refractivity contribution < 1.29 is 14.0 Å². The molecule has 0 aliphatic heterocycles. The van der Waals surface area contributed by atoms with Crippen LogP contribution in [0.4, 0.5) is 17.1 Å². The number of fused-ring (bicyclic) bond motifs is 5. The van der Waals surface area contributed by atoms with Gasteiger partial charge in [-0.15, -0.1) is 0 Å². The maximum absolute atomic E-state index is 8.91. The molecule has 10 aromatic rings. The molecule has 52 heavy (non-hydrogen) atoms. The molecule has 244 valence electrons. The molecule has 0 spiro atoms. The van der Waals surface area contributed by atoms with Gasteiger partial charge >= 0.3 is 0 Å². The van der Waals surface area contributed by atoms with E-state index in [1.54, 1.807) is 0 Å². The van der Waals surface area contributed by atoms with Crippen LogP contribution in [-0.2, 0) is 0 Å². The van der Waals surface area contributed by atoms with E-state index in [2.05, 4.69) is 102 Å². The summed E-state index contributed by atoms with van der Waals surface area (Å²) in [7, 11) is 0. The summed E-state index contributed by atoms with van der Waals surface area (Å²) < 4.78 is 66.1. The van der Waals surface area contributed by atoms with Crippen molar-refractivity contribution in [2.75, 3.05) is 4.90 Å². The highest BCUT2D eigenvalue weighted by molar-refractivity contribution is 6.06. The fourth-order valence-corrected chi connectivity index (χ4v) is 7.25. The molecule has 0 radical (unpaired) electrons. The average Bonchev–Trinajstić information content (AvgIpc) is 3.65. The van der Waals surface area contributed by atoms with E-state index < -0.39 is 30.2 Å². The molecule has 1 heterocycles. The molecule has 0 amide bonds. The number of anilines is 3. The monoisotopic (exact) mass is 670 g/mol. The van der Waals surface area contributed by atoms with Crippen LogP contribution in [0.15, 0.2) is 204 Å². The quantitative estimate of drug-likeness (QED) is 0.175. The van der Waals surface area contributed by atoms with Crippen LogP contribution in [0, 0.1) is 0 Å². The van der Waals surface area contributed by atoms with E-state index >= 15 is 0 Å². The molecule has 0 bridgehead atoms. The first-order valence-corrected chi connectivity index (χ1v) is 17.2. The predicted molar refractivity (Wildman–Crippen MR) is 220 cm³/mol. The zero-order chi connectivity index (χ0) is 40.5. The number of benzene rings is 9. The van der Waals surface area contributed by atoms with Crippen molar-refractivity contribution >= 4 is 60.5 Å². The summed E-state index contributed by atoms with van der Waals surface area (Å²) in [5.74, 6) is 0. The molecule has 2 heteroatoms. The van der Waals surface area contributed by atoms with E-state index in [0.717, 1.165) is 61.3 Å². The van der Waals surface area contributed by atoms with Crippen molar-refractivity contribution in [3.8, 4) is 33.4 Å². The second-order valence-corrected chi connectivity index (χ2v) is 12.8. The Morgan fingerprint density at radius 3 is 1.85 bits per heavy atom. The van der Waals surface area contributed by atoms with E-state index in [1.807, 2.05) is 60.7 Å². The van der Waals surface area contributed by atoms with Crippen LogP contribution < -0.4 is 4.90 Å². The second kappa shape index (κ2) is 12.5. The van der Waals surface area contributed by atoms with Gasteiger partial charge in [-0.3, -0.25) is 0 Å². The van der Waals surface area contributed by atoms with Crippen LogP contribution in [-0.4, -0.2) is 0 Å². The Bertz CT molecular complexity index is 3290. The highest BCUT2D eigenvalue weighted by Crippen LogP contribution is 2.40. The molecule has 2 nitrogen and oxygen atoms in total. The molecule has 0 aliphatic carbocycles. The molecule has 0 N–H and O–H groups in total. The van der Waals surface area contributed by atoms with Gasteiger partial charge < -0.3 is 9.32 Å². The predicted octanol–water partition coefficient (Wildman–Crippen LogP) is 14.4. The largest absolute Gasteiger partial charge is 0.456 e. The van der Waals surface area contributed by atoms with Gasteiger partial charge in [-0.2, -0.15) is 0 Å². The number of hydrogen-bond acceptors (Lipinski definition) is 2. The highest BCUT2D eigenvalue weighted by atomic mass is 16.3. The average molecular weight is 671 g/mol. The molecule has 0 aliphatic rings. The second-order valence-electron chi connectivity index (χ2n) is 12.8. The Morgan fingerprint density at radius 1 is 0.365 bits per heavy atom. The molecular formula is C50H33NO. The Kier molecular flexibility index (Phi) is 5.63. The number of para-hydroxylation sites is 1. The van der Waals surface area contributed by atoms with Gasteiger partial charge in [0.1, 0.15) is 11.2 Å². The molecule has 0 atom stereocenters. The zero-order valence-corrected chi connectivity index (χ0v) is 27.9. The third kappa shape index (κ3) is 5.21. The molecule has 0 fully saturated rings. The van der Waals surface area contributed by atoms with E-state index in [9.17, 15) is 0 Å². The molecule has 1 aromatic heterocycles. The van der Waals surface area contributed by atoms with Crippen LogP contribution in [0.3, 0.4) is 0 Å². The lowest BCUT2D eigenvalue weighted by Crippen LogP contribution is -2.10. The summed E-state index contributed by atoms with van der Waals surface area (Å²) in [5, 5.41) is 4.44. The normalized spacial score (nSPS) is 13.3. The van der Waals surface area contributed by atoms with Crippen molar-refractivity contribution in [2.45, 2.75) is 0 Å². The molecule has 10 rings (SSSR count). The maximum atomic E-state index is 8.91. The Balaban J connectivity index is 1.12. The summed E-state index contributed by atoms with van der Waals surface area (Å²) in [5.41, 5.74) is 9.25. The van der Waals surface area contributed by atoms with Crippen molar-refractivity contribution in [1.29, 1.82) is 0 Å². The molecule has 0 saturated heterocycles. The first-order valence-electron chi connectivity index (χ1n) is 20.7. The van der Waals surface area contributed by atoms with Crippen LogP contribution in [0.5, 0.6) is 0 Å². The van der Waals surface area contributed by atoms with Crippen molar-refractivity contribution in [3.05, 3.63) is 200 Å². The molecular weight excluding hydrogens is 631 g/mol. The van der Waals surface area contributed by atoms with Gasteiger partial charge in [0.2, 0.25) is 0 Å². The standard InChI is InChI=1S/C50H33NO/c1-3-16-43-34(10-1)12-8-19-45(43)36-22-27-40(28-23-36)51(41-29-24-37(25-30-41)46-20-9-13-35-11-2-4-17-44(35)46)42-15-7-14-38(32-42)39-26-31-50-48(33-39)47-18-5-6-21-49(47)52-50/h1-33H/i1D,3D,8D,10D,12D,16D,19D. The van der Waals surface area contributed by atoms with Crippen LogP contribution in [0.25, 0.3) is 76.9 Å². The van der Waals surface area contributed by atoms with Crippen molar-refractivity contribution in [3.63, 3.8) is 0 Å². The van der Waals surface area contributed by atoms with Crippen LogP contribution in [0.2, 0.25) is 0 Å². The third-order valence-electron chi connectivity index (χ3n) is 9.77. The van der Waals surface area contributed by atoms with Gasteiger partial charge in [-0.1, -0.05) is 145 Å². The summed E-state index contributed by atoms with van der Waals surface area (Å²) in [4.78, 5) is 2.15. The van der Waals surface area contributed by atoms with Crippen LogP contribution in [0.1, 0.15) is 9.60 Å². The lowest BCUT2D eigenvalue weighted by atomic mass is 9.97. The first-order chi connectivity index (χ1) is 28.7. The minimum atomic E-state index is -0.475. The summed E-state index contributed by atoms with van der Waals surface area (Å²) in [6, 6.07) is 50.5. The fraction of sp³-hybridized carbons (Fsp3) is 0. The number of furan rings is 1.